The van der Waals surface area contributed by atoms with Gasteiger partial charge < -0.3 is 10.5 Å². The van der Waals surface area contributed by atoms with Crippen LogP contribution in [-0.4, -0.2) is 18.6 Å². The number of ether oxygens (including phenoxy) is 1. The number of hydrogen-bond donors (Lipinski definition) is 1. The van der Waals surface area contributed by atoms with Crippen LogP contribution in [0.15, 0.2) is 12.7 Å². The fourth-order valence-corrected chi connectivity index (χ4v) is 0.525. The summed E-state index contributed by atoms with van der Waals surface area (Å²) in [6.45, 7) is 5.58. The van der Waals surface area contributed by atoms with E-state index < -0.39 is 6.04 Å². The van der Waals surface area contributed by atoms with Gasteiger partial charge in [0.2, 0.25) is 0 Å². The lowest BCUT2D eigenvalue weighted by Crippen LogP contribution is -2.31. The van der Waals surface area contributed by atoms with Crippen LogP contribution in [0.4, 0.5) is 0 Å². The van der Waals surface area contributed by atoms with Crippen molar-refractivity contribution < 1.29 is 9.53 Å². The molecule has 0 fully saturated rings. The maximum Gasteiger partial charge on any atom is 0.323 e. The normalized spacial score (nSPS) is 12.2. The van der Waals surface area contributed by atoms with Crippen molar-refractivity contribution >= 4 is 5.97 Å². The molecular formula is C7H13NO2. The van der Waals surface area contributed by atoms with E-state index in [0.29, 0.717) is 13.0 Å². The summed E-state index contributed by atoms with van der Waals surface area (Å²) in [7, 11) is 0. The molecule has 0 heterocycles. The van der Waals surface area contributed by atoms with Crippen molar-refractivity contribution in [3.8, 4) is 0 Å². The minimum absolute atomic E-state index is 0.359. The minimum atomic E-state index is -0.544. The van der Waals surface area contributed by atoms with Crippen molar-refractivity contribution in [2.45, 2.75) is 19.4 Å². The molecule has 0 radical (unpaired) electrons. The number of carbonyl (C=O) groups excluding carboxylic acids is 1. The first-order chi connectivity index (χ1) is 4.72. The fraction of sp³-hybridized carbons (Fsp3) is 0.571. The van der Waals surface area contributed by atoms with Crippen molar-refractivity contribution in [1.29, 1.82) is 0 Å². The molecule has 1 unspecified atom stereocenters. The molecule has 0 saturated carbocycles. The standard InChI is InChI=1S/C7H13NO2/c1-3-5-6(8)7(9)10-4-2/h3,6H,1,4-5,8H2,2H3. The summed E-state index contributed by atoms with van der Waals surface area (Å²) in [5.41, 5.74) is 5.37. The van der Waals surface area contributed by atoms with Gasteiger partial charge in [-0.15, -0.1) is 6.58 Å². The summed E-state index contributed by atoms with van der Waals surface area (Å²) in [5.74, 6) is -0.359. The van der Waals surface area contributed by atoms with E-state index in [0.717, 1.165) is 0 Å². The number of carbonyl (C=O) groups is 1. The summed E-state index contributed by atoms with van der Waals surface area (Å²) < 4.78 is 4.64. The largest absolute Gasteiger partial charge is 0.465 e. The van der Waals surface area contributed by atoms with Gasteiger partial charge in [-0.2, -0.15) is 0 Å². The molecule has 0 aromatic carbocycles. The Bertz CT molecular complexity index is 123. The fourth-order valence-electron chi connectivity index (χ4n) is 0.525. The summed E-state index contributed by atoms with van der Waals surface area (Å²) in [5, 5.41) is 0. The predicted octanol–water partition coefficient (Wildman–Crippen LogP) is 0.453. The highest BCUT2D eigenvalue weighted by atomic mass is 16.5. The van der Waals surface area contributed by atoms with Crippen LogP contribution in [0.3, 0.4) is 0 Å². The molecule has 58 valence electrons. The monoisotopic (exact) mass is 143 g/mol. The Balaban J connectivity index is 3.58. The molecule has 10 heavy (non-hydrogen) atoms. The smallest absolute Gasteiger partial charge is 0.323 e. The Morgan fingerprint density at radius 3 is 2.90 bits per heavy atom. The maximum atomic E-state index is 10.7. The second-order valence-electron chi connectivity index (χ2n) is 1.88. The molecule has 0 amide bonds. The summed E-state index contributed by atoms with van der Waals surface area (Å²) >= 11 is 0. The van der Waals surface area contributed by atoms with E-state index in [1.807, 2.05) is 0 Å². The molecule has 0 bridgehead atoms. The highest BCUT2D eigenvalue weighted by molar-refractivity contribution is 5.75. The van der Waals surface area contributed by atoms with Gasteiger partial charge in [0.05, 0.1) is 6.61 Å². The number of hydrogen-bond acceptors (Lipinski definition) is 3. The second-order valence-corrected chi connectivity index (χ2v) is 1.88. The third-order valence-electron chi connectivity index (χ3n) is 1.01. The van der Waals surface area contributed by atoms with Crippen LogP contribution in [0, 0.1) is 0 Å². The van der Waals surface area contributed by atoms with Crippen molar-refractivity contribution in [2.75, 3.05) is 6.61 Å². The zero-order valence-corrected chi connectivity index (χ0v) is 6.17. The van der Waals surface area contributed by atoms with Crippen molar-refractivity contribution in [2.24, 2.45) is 5.73 Å². The minimum Gasteiger partial charge on any atom is -0.465 e. The van der Waals surface area contributed by atoms with Gasteiger partial charge in [0.25, 0.3) is 0 Å². The van der Waals surface area contributed by atoms with Crippen molar-refractivity contribution in [1.82, 2.24) is 0 Å². The highest BCUT2D eigenvalue weighted by Crippen LogP contribution is 1.91. The van der Waals surface area contributed by atoms with Crippen molar-refractivity contribution in [3.63, 3.8) is 0 Å². The molecule has 2 N–H and O–H groups in total. The van der Waals surface area contributed by atoms with Crippen LogP contribution < -0.4 is 5.73 Å². The van der Waals surface area contributed by atoms with E-state index in [4.69, 9.17) is 5.73 Å². The van der Waals surface area contributed by atoms with Gasteiger partial charge in [0.1, 0.15) is 6.04 Å². The average Bonchev–Trinajstić information content (AvgIpc) is 1.89. The SMILES string of the molecule is C=CCC(N)C(=O)OCC. The average molecular weight is 143 g/mol. The van der Waals surface area contributed by atoms with Crippen LogP contribution in [-0.2, 0) is 9.53 Å². The lowest BCUT2D eigenvalue weighted by atomic mass is 10.2. The quantitative estimate of drug-likeness (QED) is 0.459. The van der Waals surface area contributed by atoms with Crippen LogP contribution in [0.25, 0.3) is 0 Å². The maximum absolute atomic E-state index is 10.7. The predicted molar refractivity (Wildman–Crippen MR) is 39.4 cm³/mol. The van der Waals surface area contributed by atoms with E-state index in [9.17, 15) is 4.79 Å². The third-order valence-corrected chi connectivity index (χ3v) is 1.01. The van der Waals surface area contributed by atoms with Crippen molar-refractivity contribution in [3.05, 3.63) is 12.7 Å². The molecule has 0 aliphatic rings. The second kappa shape index (κ2) is 4.99. The van der Waals surface area contributed by atoms with Gasteiger partial charge in [-0.3, -0.25) is 4.79 Å². The molecule has 0 aromatic rings. The number of nitrogens with two attached hydrogens (primary N) is 1. The van der Waals surface area contributed by atoms with Gasteiger partial charge in [-0.25, -0.2) is 0 Å². The molecule has 0 aliphatic heterocycles. The lowest BCUT2D eigenvalue weighted by Gasteiger charge is -2.06. The Labute approximate surface area is 60.9 Å². The Morgan fingerprint density at radius 2 is 2.50 bits per heavy atom. The van der Waals surface area contributed by atoms with Crippen LogP contribution in [0.1, 0.15) is 13.3 Å². The molecular weight excluding hydrogens is 130 g/mol. The molecule has 0 aromatic heterocycles. The summed E-state index contributed by atoms with van der Waals surface area (Å²) in [6.07, 6.45) is 2.07. The molecule has 0 aliphatic carbocycles. The topological polar surface area (TPSA) is 52.3 Å². The van der Waals surface area contributed by atoms with E-state index in [1.165, 1.54) is 0 Å². The first-order valence-corrected chi connectivity index (χ1v) is 3.25. The van der Waals surface area contributed by atoms with E-state index in [2.05, 4.69) is 11.3 Å². The van der Waals surface area contributed by atoms with Gasteiger partial charge in [0, 0.05) is 0 Å². The van der Waals surface area contributed by atoms with Gasteiger partial charge in [-0.1, -0.05) is 6.08 Å². The molecule has 3 nitrogen and oxygen atoms in total. The molecule has 0 saturated heterocycles. The van der Waals surface area contributed by atoms with Crippen LogP contribution in [0.2, 0.25) is 0 Å². The molecule has 1 atom stereocenters. The van der Waals surface area contributed by atoms with Crippen LogP contribution in [0.5, 0.6) is 0 Å². The van der Waals surface area contributed by atoms with E-state index in [-0.39, 0.29) is 5.97 Å². The first kappa shape index (κ1) is 9.17. The van der Waals surface area contributed by atoms with Crippen LogP contribution >= 0.6 is 0 Å². The van der Waals surface area contributed by atoms with E-state index in [1.54, 1.807) is 13.0 Å². The number of rotatable bonds is 4. The Hall–Kier alpha value is -0.830. The molecule has 0 rings (SSSR count). The Morgan fingerprint density at radius 1 is 1.90 bits per heavy atom. The number of esters is 1. The summed E-state index contributed by atoms with van der Waals surface area (Å²) in [6, 6.07) is -0.544. The zero-order chi connectivity index (χ0) is 7.98. The van der Waals surface area contributed by atoms with Gasteiger partial charge in [0.15, 0.2) is 0 Å². The van der Waals surface area contributed by atoms with E-state index >= 15 is 0 Å². The van der Waals surface area contributed by atoms with Gasteiger partial charge >= 0.3 is 5.97 Å². The molecule has 0 spiro atoms. The molecule has 3 heteroatoms. The Kier molecular flexibility index (Phi) is 4.58. The highest BCUT2D eigenvalue weighted by Gasteiger charge is 2.11. The zero-order valence-electron chi connectivity index (χ0n) is 6.17. The van der Waals surface area contributed by atoms with Gasteiger partial charge in [-0.05, 0) is 13.3 Å². The lowest BCUT2D eigenvalue weighted by molar-refractivity contribution is -0.144. The first-order valence-electron chi connectivity index (χ1n) is 3.25. The summed E-state index contributed by atoms with van der Waals surface area (Å²) in [4.78, 5) is 10.7. The third kappa shape index (κ3) is 3.25.